The van der Waals surface area contributed by atoms with Crippen molar-refractivity contribution in [3.63, 3.8) is 0 Å². The van der Waals surface area contributed by atoms with Crippen LogP contribution in [0.4, 0.5) is 0 Å². The summed E-state index contributed by atoms with van der Waals surface area (Å²) in [7, 11) is 0. The Hall–Kier alpha value is -3.56. The maximum Gasteiger partial charge on any atom is 0.186 e. The first-order valence-corrected chi connectivity index (χ1v) is 9.58. The van der Waals surface area contributed by atoms with E-state index < -0.39 is 5.41 Å². The molecule has 3 nitrogen and oxygen atoms in total. The molecule has 3 heteroatoms. The van der Waals surface area contributed by atoms with Gasteiger partial charge in [-0.25, -0.2) is 0 Å². The van der Waals surface area contributed by atoms with E-state index in [1.165, 1.54) is 22.3 Å². The fourth-order valence-electron chi connectivity index (χ4n) is 4.61. The zero-order chi connectivity index (χ0) is 19.8. The van der Waals surface area contributed by atoms with Crippen LogP contribution >= 0.6 is 0 Å². The number of hydrogen-bond acceptors (Lipinski definition) is 3. The van der Waals surface area contributed by atoms with Gasteiger partial charge in [0.25, 0.3) is 0 Å². The first kappa shape index (κ1) is 17.5. The van der Waals surface area contributed by atoms with Crippen molar-refractivity contribution in [3.05, 3.63) is 119 Å². The molecule has 2 N–H and O–H groups in total. The Bertz CT molecular complexity index is 1120. The van der Waals surface area contributed by atoms with E-state index in [-0.39, 0.29) is 12.5 Å². The van der Waals surface area contributed by atoms with Crippen molar-refractivity contribution >= 4 is 0 Å². The third-order valence-electron chi connectivity index (χ3n) is 5.77. The Morgan fingerprint density at radius 1 is 0.621 bits per heavy atom. The molecule has 0 spiro atoms. The van der Waals surface area contributed by atoms with Gasteiger partial charge < -0.3 is 14.9 Å². The molecule has 0 bridgehead atoms. The van der Waals surface area contributed by atoms with E-state index in [4.69, 9.17) is 9.84 Å². The van der Waals surface area contributed by atoms with E-state index in [9.17, 15) is 5.11 Å². The monoisotopic (exact) mass is 380 g/mol. The van der Waals surface area contributed by atoms with Gasteiger partial charge in [0, 0.05) is 0 Å². The van der Waals surface area contributed by atoms with Gasteiger partial charge in [0.05, 0.1) is 5.41 Å². The van der Waals surface area contributed by atoms with E-state index in [0.29, 0.717) is 5.75 Å². The number of fused-ring (bicyclic) bond motifs is 3. The lowest BCUT2D eigenvalue weighted by Gasteiger charge is -2.34. The van der Waals surface area contributed by atoms with Gasteiger partial charge >= 0.3 is 0 Å². The molecule has 0 atom stereocenters. The van der Waals surface area contributed by atoms with Crippen LogP contribution in [0.1, 0.15) is 22.3 Å². The van der Waals surface area contributed by atoms with Gasteiger partial charge in [-0.05, 0) is 57.6 Å². The molecule has 0 radical (unpaired) electrons. The molecule has 142 valence electrons. The summed E-state index contributed by atoms with van der Waals surface area (Å²) in [5, 5.41) is 19.0. The third kappa shape index (κ3) is 2.55. The Balaban J connectivity index is 1.86. The van der Waals surface area contributed by atoms with Crippen molar-refractivity contribution in [2.45, 2.75) is 5.41 Å². The second-order valence-corrected chi connectivity index (χ2v) is 7.19. The first-order chi connectivity index (χ1) is 14.2. The Kier molecular flexibility index (Phi) is 4.11. The molecule has 1 aliphatic carbocycles. The highest BCUT2D eigenvalue weighted by molar-refractivity contribution is 5.86. The number of rotatable bonds is 4. The Morgan fingerprint density at radius 2 is 1.10 bits per heavy atom. The second-order valence-electron chi connectivity index (χ2n) is 7.19. The number of benzene rings is 4. The number of hydrogen-bond donors (Lipinski definition) is 2. The number of aliphatic hydroxyl groups is 1. The molecule has 0 unspecified atom stereocenters. The number of phenolic OH excluding ortho intramolecular Hbond substituents is 1. The summed E-state index contributed by atoms with van der Waals surface area (Å²) in [4.78, 5) is 0. The average Bonchev–Trinajstić information content (AvgIpc) is 3.07. The van der Waals surface area contributed by atoms with Crippen molar-refractivity contribution in [2.75, 3.05) is 6.79 Å². The lowest BCUT2D eigenvalue weighted by molar-refractivity contribution is 0.0985. The minimum absolute atomic E-state index is 0.246. The fourth-order valence-corrected chi connectivity index (χ4v) is 4.61. The number of aromatic hydroxyl groups is 1. The van der Waals surface area contributed by atoms with Crippen molar-refractivity contribution in [2.24, 2.45) is 0 Å². The maximum absolute atomic E-state index is 9.90. The molecule has 0 saturated heterocycles. The molecular weight excluding hydrogens is 360 g/mol. The van der Waals surface area contributed by atoms with Gasteiger partial charge in [-0.3, -0.25) is 0 Å². The van der Waals surface area contributed by atoms with Crippen LogP contribution in [-0.2, 0) is 5.41 Å². The van der Waals surface area contributed by atoms with Gasteiger partial charge in [-0.2, -0.15) is 0 Å². The summed E-state index contributed by atoms with van der Waals surface area (Å²) in [6, 6.07) is 32.3. The molecule has 5 rings (SSSR count). The van der Waals surface area contributed by atoms with Crippen LogP contribution in [0.2, 0.25) is 0 Å². The summed E-state index contributed by atoms with van der Waals surface area (Å²) in [5.41, 5.74) is 6.54. The van der Waals surface area contributed by atoms with E-state index in [0.717, 1.165) is 11.1 Å². The summed E-state index contributed by atoms with van der Waals surface area (Å²) in [5.74, 6) is 0.867. The normalized spacial score (nSPS) is 13.6. The van der Waals surface area contributed by atoms with Crippen LogP contribution in [0.3, 0.4) is 0 Å². The molecule has 4 aromatic rings. The molecule has 0 saturated carbocycles. The molecule has 0 aromatic heterocycles. The van der Waals surface area contributed by atoms with E-state index in [2.05, 4.69) is 60.7 Å². The average molecular weight is 380 g/mol. The molecule has 1 aliphatic rings. The molecule has 4 aromatic carbocycles. The van der Waals surface area contributed by atoms with Crippen LogP contribution < -0.4 is 4.74 Å². The summed E-state index contributed by atoms with van der Waals surface area (Å²) >= 11 is 0. The van der Waals surface area contributed by atoms with E-state index >= 15 is 0 Å². The quantitative estimate of drug-likeness (QED) is 0.427. The minimum Gasteiger partial charge on any atom is -0.508 e. The van der Waals surface area contributed by atoms with Crippen LogP contribution in [-0.4, -0.2) is 17.0 Å². The smallest absolute Gasteiger partial charge is 0.186 e. The lowest BCUT2D eigenvalue weighted by Crippen LogP contribution is -2.28. The Morgan fingerprint density at radius 3 is 1.62 bits per heavy atom. The number of phenols is 1. The van der Waals surface area contributed by atoms with Crippen LogP contribution in [0.15, 0.2) is 97.1 Å². The minimum atomic E-state index is -0.501. The van der Waals surface area contributed by atoms with Crippen molar-refractivity contribution in [1.82, 2.24) is 0 Å². The SMILES string of the molecule is OCOc1ccc(C2(c3ccc(O)cc3)c3ccccc3-c3ccccc32)cc1. The largest absolute Gasteiger partial charge is 0.508 e. The van der Waals surface area contributed by atoms with Crippen molar-refractivity contribution in [1.29, 1.82) is 0 Å². The van der Waals surface area contributed by atoms with Gasteiger partial charge in [0.15, 0.2) is 6.79 Å². The topological polar surface area (TPSA) is 49.7 Å². The summed E-state index contributed by atoms with van der Waals surface area (Å²) in [6.07, 6.45) is 0. The van der Waals surface area contributed by atoms with Gasteiger partial charge in [0.1, 0.15) is 11.5 Å². The molecule has 29 heavy (non-hydrogen) atoms. The first-order valence-electron chi connectivity index (χ1n) is 9.58. The van der Waals surface area contributed by atoms with Crippen molar-refractivity contribution < 1.29 is 14.9 Å². The molecule has 0 aliphatic heterocycles. The highest BCUT2D eigenvalue weighted by Gasteiger charge is 2.45. The number of aliphatic hydroxyl groups excluding tert-OH is 1. The fraction of sp³-hybridized carbons (Fsp3) is 0.0769. The van der Waals surface area contributed by atoms with Gasteiger partial charge in [-0.15, -0.1) is 0 Å². The second kappa shape index (κ2) is 6.80. The highest BCUT2D eigenvalue weighted by atomic mass is 16.6. The van der Waals surface area contributed by atoms with E-state index in [1.54, 1.807) is 12.1 Å². The van der Waals surface area contributed by atoms with Gasteiger partial charge in [-0.1, -0.05) is 72.8 Å². The standard InChI is InChI=1S/C26H20O3/c27-17-29-21-15-11-19(12-16-21)26(18-9-13-20(28)14-10-18)24-7-3-1-5-22(24)23-6-2-4-8-25(23)26/h1-16,27-28H,17H2. The van der Waals surface area contributed by atoms with Gasteiger partial charge in [0.2, 0.25) is 0 Å². The lowest BCUT2D eigenvalue weighted by atomic mass is 9.68. The van der Waals surface area contributed by atoms with Crippen molar-refractivity contribution in [3.8, 4) is 22.6 Å². The maximum atomic E-state index is 9.90. The molecular formula is C26H20O3. The zero-order valence-electron chi connectivity index (χ0n) is 15.7. The predicted octanol–water partition coefficient (Wildman–Crippen LogP) is 5.08. The molecule has 0 fully saturated rings. The Labute approximate surface area is 169 Å². The van der Waals surface area contributed by atoms with Crippen LogP contribution in [0, 0.1) is 0 Å². The predicted molar refractivity (Wildman–Crippen MR) is 113 cm³/mol. The van der Waals surface area contributed by atoms with Crippen LogP contribution in [0.5, 0.6) is 11.5 Å². The zero-order valence-corrected chi connectivity index (χ0v) is 15.7. The molecule has 0 heterocycles. The van der Waals surface area contributed by atoms with E-state index in [1.807, 2.05) is 24.3 Å². The number of ether oxygens (including phenoxy) is 1. The third-order valence-corrected chi connectivity index (χ3v) is 5.77. The molecule has 0 amide bonds. The summed E-state index contributed by atoms with van der Waals surface area (Å²) < 4.78 is 5.24. The highest BCUT2D eigenvalue weighted by Crippen LogP contribution is 2.56. The van der Waals surface area contributed by atoms with Crippen LogP contribution in [0.25, 0.3) is 11.1 Å². The summed E-state index contributed by atoms with van der Waals surface area (Å²) in [6.45, 7) is -0.353.